The Kier molecular flexibility index (Phi) is 6.39. The molecule has 30 heavy (non-hydrogen) atoms. The first-order valence-corrected chi connectivity index (χ1v) is 10.5. The Bertz CT molecular complexity index is 942. The lowest BCUT2D eigenvalue weighted by Crippen LogP contribution is -2.36. The number of hydrogen-bond donors (Lipinski definition) is 2. The molecule has 0 unspecified atom stereocenters. The second-order valence-corrected chi connectivity index (χ2v) is 7.40. The topological polar surface area (TPSA) is 75.2 Å². The van der Waals surface area contributed by atoms with Gasteiger partial charge in [-0.1, -0.05) is 13.0 Å². The van der Waals surface area contributed by atoms with Crippen LogP contribution in [0.3, 0.4) is 0 Å². The number of ether oxygens (including phenoxy) is 1. The SMILES string of the molecule is CC[C@@H](C)Nc1nc(Nc2ccc(N3CCOCC3)cc2)cc(-c2ccccn2)n1. The predicted octanol–water partition coefficient (Wildman–Crippen LogP) is 4.33. The monoisotopic (exact) mass is 404 g/mol. The summed E-state index contributed by atoms with van der Waals surface area (Å²) in [7, 11) is 0. The van der Waals surface area contributed by atoms with Gasteiger partial charge in [-0.3, -0.25) is 4.98 Å². The van der Waals surface area contributed by atoms with Gasteiger partial charge >= 0.3 is 0 Å². The lowest BCUT2D eigenvalue weighted by atomic mass is 10.2. The largest absolute Gasteiger partial charge is 0.378 e. The number of hydrogen-bond acceptors (Lipinski definition) is 7. The van der Waals surface area contributed by atoms with E-state index in [9.17, 15) is 0 Å². The van der Waals surface area contributed by atoms with E-state index in [0.717, 1.165) is 55.6 Å². The van der Waals surface area contributed by atoms with Crippen LogP contribution in [0.5, 0.6) is 0 Å². The third kappa shape index (κ3) is 5.04. The van der Waals surface area contributed by atoms with Gasteiger partial charge in [0.1, 0.15) is 5.82 Å². The molecule has 2 N–H and O–H groups in total. The van der Waals surface area contributed by atoms with Gasteiger partial charge in [-0.15, -0.1) is 0 Å². The average Bonchev–Trinajstić information content (AvgIpc) is 2.80. The first-order chi connectivity index (χ1) is 14.7. The highest BCUT2D eigenvalue weighted by Gasteiger charge is 2.12. The number of pyridine rings is 1. The van der Waals surface area contributed by atoms with Crippen LogP contribution in [-0.4, -0.2) is 47.3 Å². The number of nitrogens with zero attached hydrogens (tertiary/aromatic N) is 4. The summed E-state index contributed by atoms with van der Waals surface area (Å²) in [5.41, 5.74) is 3.79. The minimum Gasteiger partial charge on any atom is -0.378 e. The first-order valence-electron chi connectivity index (χ1n) is 10.5. The lowest BCUT2D eigenvalue weighted by molar-refractivity contribution is 0.122. The van der Waals surface area contributed by atoms with Crippen LogP contribution in [0.4, 0.5) is 23.1 Å². The van der Waals surface area contributed by atoms with Crippen molar-refractivity contribution in [2.24, 2.45) is 0 Å². The molecule has 0 amide bonds. The highest BCUT2D eigenvalue weighted by atomic mass is 16.5. The predicted molar refractivity (Wildman–Crippen MR) is 121 cm³/mol. The molecule has 1 aliphatic rings. The van der Waals surface area contributed by atoms with Gasteiger partial charge in [-0.2, -0.15) is 4.98 Å². The second kappa shape index (κ2) is 9.54. The molecule has 0 radical (unpaired) electrons. The van der Waals surface area contributed by atoms with Crippen LogP contribution < -0.4 is 15.5 Å². The average molecular weight is 405 g/mol. The van der Waals surface area contributed by atoms with E-state index in [-0.39, 0.29) is 6.04 Å². The first kappa shape index (κ1) is 20.1. The minimum atomic E-state index is 0.282. The number of anilines is 4. The molecule has 1 aromatic carbocycles. The van der Waals surface area contributed by atoms with E-state index >= 15 is 0 Å². The Morgan fingerprint density at radius 3 is 2.53 bits per heavy atom. The van der Waals surface area contributed by atoms with E-state index in [4.69, 9.17) is 4.74 Å². The highest BCUT2D eigenvalue weighted by molar-refractivity contribution is 5.66. The van der Waals surface area contributed by atoms with E-state index < -0.39 is 0 Å². The highest BCUT2D eigenvalue weighted by Crippen LogP contribution is 2.25. The Balaban J connectivity index is 1.57. The number of benzene rings is 1. The van der Waals surface area contributed by atoms with Crippen molar-refractivity contribution >= 4 is 23.1 Å². The molecule has 0 bridgehead atoms. The van der Waals surface area contributed by atoms with Crippen LogP contribution >= 0.6 is 0 Å². The van der Waals surface area contributed by atoms with E-state index in [0.29, 0.717) is 5.95 Å². The van der Waals surface area contributed by atoms with Crippen LogP contribution in [0.2, 0.25) is 0 Å². The summed E-state index contributed by atoms with van der Waals surface area (Å²) in [5, 5.41) is 6.79. The van der Waals surface area contributed by atoms with Crippen LogP contribution in [-0.2, 0) is 4.74 Å². The summed E-state index contributed by atoms with van der Waals surface area (Å²) in [4.78, 5) is 16.1. The number of morpholine rings is 1. The third-order valence-electron chi connectivity index (χ3n) is 5.16. The van der Waals surface area contributed by atoms with Crippen LogP contribution in [0.1, 0.15) is 20.3 Å². The summed E-state index contributed by atoms with van der Waals surface area (Å²) in [5.74, 6) is 1.33. The van der Waals surface area contributed by atoms with Gasteiger partial charge in [0.25, 0.3) is 0 Å². The van der Waals surface area contributed by atoms with E-state index in [1.807, 2.05) is 24.3 Å². The molecule has 1 saturated heterocycles. The van der Waals surface area contributed by atoms with E-state index in [1.54, 1.807) is 6.20 Å². The molecule has 1 aliphatic heterocycles. The normalized spacial score (nSPS) is 14.9. The van der Waals surface area contributed by atoms with Crippen molar-refractivity contribution in [3.63, 3.8) is 0 Å². The zero-order chi connectivity index (χ0) is 20.8. The van der Waals surface area contributed by atoms with Crippen molar-refractivity contribution in [1.82, 2.24) is 15.0 Å². The molecule has 3 heterocycles. The van der Waals surface area contributed by atoms with Crippen LogP contribution in [0.25, 0.3) is 11.4 Å². The number of rotatable bonds is 7. The number of nitrogens with one attached hydrogen (secondary N) is 2. The fourth-order valence-electron chi connectivity index (χ4n) is 3.27. The van der Waals surface area contributed by atoms with Gasteiger partial charge in [0, 0.05) is 42.8 Å². The summed E-state index contributed by atoms with van der Waals surface area (Å²) in [6, 6.07) is 16.5. The molecule has 7 heteroatoms. The van der Waals surface area contributed by atoms with Gasteiger partial charge in [-0.25, -0.2) is 4.98 Å². The fraction of sp³-hybridized carbons (Fsp3) is 0.348. The van der Waals surface area contributed by atoms with Crippen LogP contribution in [0, 0.1) is 0 Å². The molecule has 1 fully saturated rings. The maximum atomic E-state index is 5.44. The molecule has 3 aromatic rings. The third-order valence-corrected chi connectivity index (χ3v) is 5.16. The van der Waals surface area contributed by atoms with Gasteiger partial charge in [0.05, 0.1) is 24.6 Å². The van der Waals surface area contributed by atoms with Crippen molar-refractivity contribution in [2.45, 2.75) is 26.3 Å². The summed E-state index contributed by atoms with van der Waals surface area (Å²) < 4.78 is 5.44. The molecule has 0 spiro atoms. The van der Waals surface area contributed by atoms with Gasteiger partial charge < -0.3 is 20.3 Å². The zero-order valence-corrected chi connectivity index (χ0v) is 17.5. The Morgan fingerprint density at radius 2 is 1.83 bits per heavy atom. The standard InChI is InChI=1S/C23H28N6O/c1-3-17(2)25-23-27-21(20-6-4-5-11-24-20)16-22(28-23)26-18-7-9-19(10-8-18)29-12-14-30-15-13-29/h4-11,16-17H,3,12-15H2,1-2H3,(H2,25,26,27,28)/t17-/m1/s1. The van der Waals surface area contributed by atoms with E-state index in [1.165, 1.54) is 5.69 Å². The molecule has 0 saturated carbocycles. The molecule has 2 aromatic heterocycles. The Labute approximate surface area is 177 Å². The number of aromatic nitrogens is 3. The Morgan fingerprint density at radius 1 is 1.03 bits per heavy atom. The van der Waals surface area contributed by atoms with Crippen molar-refractivity contribution in [3.05, 3.63) is 54.7 Å². The molecule has 1 atom stereocenters. The second-order valence-electron chi connectivity index (χ2n) is 7.40. The summed E-state index contributed by atoms with van der Waals surface area (Å²) in [6.45, 7) is 7.67. The Hall–Kier alpha value is -3.19. The summed E-state index contributed by atoms with van der Waals surface area (Å²) >= 11 is 0. The maximum absolute atomic E-state index is 5.44. The van der Waals surface area contributed by atoms with Crippen LogP contribution in [0.15, 0.2) is 54.7 Å². The molecule has 0 aliphatic carbocycles. The van der Waals surface area contributed by atoms with Gasteiger partial charge in [0.15, 0.2) is 0 Å². The van der Waals surface area contributed by atoms with Crippen molar-refractivity contribution in [1.29, 1.82) is 0 Å². The van der Waals surface area contributed by atoms with Gasteiger partial charge in [-0.05, 0) is 49.7 Å². The van der Waals surface area contributed by atoms with E-state index in [2.05, 4.69) is 68.6 Å². The molecular weight excluding hydrogens is 376 g/mol. The molecule has 4 rings (SSSR count). The smallest absolute Gasteiger partial charge is 0.225 e. The van der Waals surface area contributed by atoms with Gasteiger partial charge in [0.2, 0.25) is 5.95 Å². The molecule has 156 valence electrons. The lowest BCUT2D eigenvalue weighted by Gasteiger charge is -2.28. The minimum absolute atomic E-state index is 0.282. The zero-order valence-electron chi connectivity index (χ0n) is 17.5. The van der Waals surface area contributed by atoms with Crippen molar-refractivity contribution in [2.75, 3.05) is 41.8 Å². The quantitative estimate of drug-likeness (QED) is 0.607. The van der Waals surface area contributed by atoms with Crippen molar-refractivity contribution < 1.29 is 4.74 Å². The molecule has 7 nitrogen and oxygen atoms in total. The summed E-state index contributed by atoms with van der Waals surface area (Å²) in [6.07, 6.45) is 2.76. The van der Waals surface area contributed by atoms with Crippen molar-refractivity contribution in [3.8, 4) is 11.4 Å². The maximum Gasteiger partial charge on any atom is 0.225 e. The molecular formula is C23H28N6O. The fourth-order valence-corrected chi connectivity index (χ4v) is 3.27.